The van der Waals surface area contributed by atoms with Crippen LogP contribution in [0.2, 0.25) is 0 Å². The molecule has 5 nitrogen and oxygen atoms in total. The maximum atomic E-state index is 13.3. The first-order valence-corrected chi connectivity index (χ1v) is 9.83. The molecule has 1 heterocycles. The number of benzene rings is 2. The van der Waals surface area contributed by atoms with E-state index in [4.69, 9.17) is 5.73 Å². The molecule has 0 aromatic heterocycles. The molecule has 0 aliphatic carbocycles. The minimum Gasteiger partial charge on any atom is -0.366 e. The lowest BCUT2D eigenvalue weighted by Gasteiger charge is -2.39. The van der Waals surface area contributed by atoms with Gasteiger partial charge in [-0.1, -0.05) is 30.3 Å². The maximum absolute atomic E-state index is 13.3. The Bertz CT molecular complexity index is 848. The molecule has 1 aliphatic heterocycles. The van der Waals surface area contributed by atoms with Crippen molar-refractivity contribution in [3.05, 3.63) is 65.7 Å². The smallest absolute Gasteiger partial charge is 0.248 e. The molecule has 1 amide bonds. The second kappa shape index (κ2) is 6.98. The number of carbonyl (C=O) groups is 1. The fourth-order valence-corrected chi connectivity index (χ4v) is 5.34. The Kier molecular flexibility index (Phi) is 4.92. The first-order valence-electron chi connectivity index (χ1n) is 8.39. The molecule has 0 bridgehead atoms. The lowest BCUT2D eigenvalue weighted by atomic mass is 9.94. The Morgan fingerprint density at radius 2 is 1.68 bits per heavy atom. The van der Waals surface area contributed by atoms with Gasteiger partial charge in [0.25, 0.3) is 0 Å². The summed E-state index contributed by atoms with van der Waals surface area (Å²) in [4.78, 5) is 11.4. The minimum atomic E-state index is -3.67. The summed E-state index contributed by atoms with van der Waals surface area (Å²) in [6.45, 7) is 1.95. The number of rotatable bonds is 4. The second-order valence-electron chi connectivity index (χ2n) is 6.43. The van der Waals surface area contributed by atoms with Crippen LogP contribution in [0, 0.1) is 0 Å². The van der Waals surface area contributed by atoms with Crippen LogP contribution in [0.4, 0.5) is 0 Å². The summed E-state index contributed by atoms with van der Waals surface area (Å²) >= 11 is 0. The Morgan fingerprint density at radius 3 is 2.28 bits per heavy atom. The molecular weight excluding hydrogens is 336 g/mol. The van der Waals surface area contributed by atoms with Crippen LogP contribution in [0.25, 0.3) is 0 Å². The van der Waals surface area contributed by atoms with Gasteiger partial charge in [0.05, 0.1) is 10.9 Å². The molecule has 2 atom stereocenters. The van der Waals surface area contributed by atoms with Crippen LogP contribution in [0.3, 0.4) is 0 Å². The fourth-order valence-electron chi connectivity index (χ4n) is 3.47. The lowest BCUT2D eigenvalue weighted by molar-refractivity contribution is 0.1000. The maximum Gasteiger partial charge on any atom is 0.248 e. The van der Waals surface area contributed by atoms with Gasteiger partial charge in [-0.05, 0) is 56.0 Å². The van der Waals surface area contributed by atoms with Crippen molar-refractivity contribution in [2.75, 3.05) is 0 Å². The van der Waals surface area contributed by atoms with Gasteiger partial charge in [0.1, 0.15) is 0 Å². The highest BCUT2D eigenvalue weighted by molar-refractivity contribution is 7.89. The average molecular weight is 358 g/mol. The van der Waals surface area contributed by atoms with Crippen molar-refractivity contribution in [3.8, 4) is 0 Å². The number of piperidine rings is 1. The summed E-state index contributed by atoms with van der Waals surface area (Å²) in [6, 6.07) is 15.3. The summed E-state index contributed by atoms with van der Waals surface area (Å²) in [5.74, 6) is -0.572. The normalized spacial score (nSPS) is 21.8. The zero-order chi connectivity index (χ0) is 18.0. The summed E-state index contributed by atoms with van der Waals surface area (Å²) in [6.07, 6.45) is 2.63. The monoisotopic (exact) mass is 358 g/mol. The van der Waals surface area contributed by atoms with E-state index >= 15 is 0 Å². The van der Waals surface area contributed by atoms with Crippen molar-refractivity contribution in [3.63, 3.8) is 0 Å². The molecule has 3 rings (SSSR count). The first-order chi connectivity index (χ1) is 11.9. The average Bonchev–Trinajstić information content (AvgIpc) is 2.62. The third-order valence-electron chi connectivity index (χ3n) is 4.74. The van der Waals surface area contributed by atoms with Crippen molar-refractivity contribution in [1.29, 1.82) is 0 Å². The van der Waals surface area contributed by atoms with E-state index in [0.29, 0.717) is 5.56 Å². The van der Waals surface area contributed by atoms with Gasteiger partial charge in [0.15, 0.2) is 0 Å². The van der Waals surface area contributed by atoms with Crippen LogP contribution in [0.1, 0.15) is 48.1 Å². The molecule has 132 valence electrons. The van der Waals surface area contributed by atoms with E-state index in [1.807, 2.05) is 37.3 Å². The standard InChI is InChI=1S/C19H22N2O3S/c1-14-6-5-9-18(15-7-3-2-4-8-15)21(14)25(23,24)17-12-10-16(11-13-17)19(20)22/h2-4,7-8,10-14,18H,5-6,9H2,1H3,(H2,20,22). The molecule has 1 fully saturated rings. The molecule has 1 saturated heterocycles. The SMILES string of the molecule is CC1CCCC(c2ccccc2)N1S(=O)(=O)c1ccc(C(N)=O)cc1. The molecule has 2 aromatic carbocycles. The largest absolute Gasteiger partial charge is 0.366 e. The number of primary amides is 1. The Morgan fingerprint density at radius 1 is 1.04 bits per heavy atom. The zero-order valence-corrected chi connectivity index (χ0v) is 14.9. The molecule has 0 saturated carbocycles. The van der Waals surface area contributed by atoms with Crippen LogP contribution in [-0.2, 0) is 10.0 Å². The van der Waals surface area contributed by atoms with Crippen molar-refractivity contribution in [1.82, 2.24) is 4.31 Å². The van der Waals surface area contributed by atoms with Gasteiger partial charge in [0.2, 0.25) is 15.9 Å². The summed E-state index contributed by atoms with van der Waals surface area (Å²) in [7, 11) is -3.67. The first kappa shape index (κ1) is 17.6. The van der Waals surface area contributed by atoms with Gasteiger partial charge in [-0.25, -0.2) is 8.42 Å². The Balaban J connectivity index is 2.01. The third-order valence-corrected chi connectivity index (χ3v) is 6.78. The third kappa shape index (κ3) is 3.45. The molecule has 2 unspecified atom stereocenters. The number of hydrogen-bond donors (Lipinski definition) is 1. The summed E-state index contributed by atoms with van der Waals surface area (Å²) in [5.41, 5.74) is 6.54. The van der Waals surface area contributed by atoms with Crippen LogP contribution in [0.15, 0.2) is 59.5 Å². The lowest BCUT2D eigenvalue weighted by Crippen LogP contribution is -2.44. The van der Waals surface area contributed by atoms with Crippen LogP contribution < -0.4 is 5.73 Å². The highest BCUT2D eigenvalue weighted by Crippen LogP contribution is 2.38. The number of amides is 1. The van der Waals surface area contributed by atoms with E-state index in [9.17, 15) is 13.2 Å². The van der Waals surface area contributed by atoms with Crippen molar-refractivity contribution in [2.45, 2.75) is 43.2 Å². The fraction of sp³-hybridized carbons (Fsp3) is 0.316. The predicted octanol–water partition coefficient (Wildman–Crippen LogP) is 3.09. The van der Waals surface area contributed by atoms with Gasteiger partial charge in [-0.2, -0.15) is 4.31 Å². The molecule has 2 aromatic rings. The van der Waals surface area contributed by atoms with E-state index in [1.165, 1.54) is 24.3 Å². The molecule has 6 heteroatoms. The number of carbonyl (C=O) groups excluding carboxylic acids is 1. The molecule has 0 radical (unpaired) electrons. The van der Waals surface area contributed by atoms with E-state index in [-0.39, 0.29) is 17.0 Å². The number of nitrogens with two attached hydrogens (primary N) is 1. The van der Waals surface area contributed by atoms with Crippen molar-refractivity contribution < 1.29 is 13.2 Å². The highest BCUT2D eigenvalue weighted by atomic mass is 32.2. The molecule has 25 heavy (non-hydrogen) atoms. The molecular formula is C19H22N2O3S. The molecule has 1 aliphatic rings. The van der Waals surface area contributed by atoms with Gasteiger partial charge < -0.3 is 5.73 Å². The van der Waals surface area contributed by atoms with Crippen LogP contribution in [0.5, 0.6) is 0 Å². The minimum absolute atomic E-state index is 0.0835. The predicted molar refractivity (Wildman–Crippen MR) is 96.5 cm³/mol. The van der Waals surface area contributed by atoms with Crippen molar-refractivity contribution in [2.24, 2.45) is 5.73 Å². The summed E-state index contributed by atoms with van der Waals surface area (Å²) < 4.78 is 28.2. The number of hydrogen-bond acceptors (Lipinski definition) is 3. The van der Waals surface area contributed by atoms with E-state index in [2.05, 4.69) is 0 Å². The van der Waals surface area contributed by atoms with Gasteiger partial charge in [-0.15, -0.1) is 0 Å². The highest BCUT2D eigenvalue weighted by Gasteiger charge is 2.38. The number of sulfonamides is 1. The second-order valence-corrected chi connectivity index (χ2v) is 8.27. The topological polar surface area (TPSA) is 80.5 Å². The summed E-state index contributed by atoms with van der Waals surface area (Å²) in [5, 5.41) is 0. The zero-order valence-electron chi connectivity index (χ0n) is 14.1. The van der Waals surface area contributed by atoms with Crippen LogP contribution >= 0.6 is 0 Å². The quantitative estimate of drug-likeness (QED) is 0.912. The van der Waals surface area contributed by atoms with Gasteiger partial charge in [-0.3, -0.25) is 4.79 Å². The Hall–Kier alpha value is -2.18. The van der Waals surface area contributed by atoms with E-state index in [1.54, 1.807) is 4.31 Å². The van der Waals surface area contributed by atoms with E-state index < -0.39 is 15.9 Å². The number of nitrogens with zero attached hydrogens (tertiary/aromatic N) is 1. The van der Waals surface area contributed by atoms with Gasteiger partial charge >= 0.3 is 0 Å². The van der Waals surface area contributed by atoms with Gasteiger partial charge in [0, 0.05) is 11.6 Å². The molecule has 2 N–H and O–H groups in total. The van der Waals surface area contributed by atoms with Crippen LogP contribution in [-0.4, -0.2) is 24.7 Å². The molecule has 0 spiro atoms. The van der Waals surface area contributed by atoms with E-state index in [0.717, 1.165) is 24.8 Å². The Labute approximate surface area is 148 Å². The van der Waals surface area contributed by atoms with Crippen molar-refractivity contribution >= 4 is 15.9 Å².